The van der Waals surface area contributed by atoms with E-state index in [4.69, 9.17) is 15.6 Å². The van der Waals surface area contributed by atoms with Gasteiger partial charge in [-0.3, -0.25) is 0 Å². The molecule has 0 aliphatic rings. The van der Waals surface area contributed by atoms with Crippen molar-refractivity contribution in [3.8, 4) is 0 Å². The average molecular weight is 252 g/mol. The summed E-state index contributed by atoms with van der Waals surface area (Å²) in [6.45, 7) is 5.27. The zero-order valence-electron chi connectivity index (χ0n) is 11.0. The molecule has 0 unspecified atom stereocenters. The molecule has 0 atom stereocenters. The lowest BCUT2D eigenvalue weighted by molar-refractivity contribution is 0.0696. The van der Waals surface area contributed by atoms with E-state index in [1.807, 2.05) is 25.8 Å². The van der Waals surface area contributed by atoms with E-state index in [9.17, 15) is 4.79 Å². The number of benzene rings is 1. The minimum absolute atomic E-state index is 0.197. The molecular weight excluding hydrogens is 232 g/mol. The molecule has 0 bridgehead atoms. The van der Waals surface area contributed by atoms with Crippen LogP contribution in [0.2, 0.25) is 0 Å². The van der Waals surface area contributed by atoms with Crippen molar-refractivity contribution in [2.24, 2.45) is 0 Å². The predicted molar refractivity (Wildman–Crippen MR) is 72.2 cm³/mol. The molecule has 5 nitrogen and oxygen atoms in total. The largest absolute Gasteiger partial charge is 0.478 e. The Morgan fingerprint density at radius 1 is 1.50 bits per heavy atom. The number of ether oxygens (including phenoxy) is 1. The third-order valence-corrected chi connectivity index (χ3v) is 2.56. The van der Waals surface area contributed by atoms with E-state index < -0.39 is 5.97 Å². The summed E-state index contributed by atoms with van der Waals surface area (Å²) in [5, 5.41) is 8.85. The van der Waals surface area contributed by atoms with Crippen LogP contribution in [0.15, 0.2) is 18.2 Å². The summed E-state index contributed by atoms with van der Waals surface area (Å²) in [7, 11) is 1.90. The molecule has 0 aliphatic carbocycles. The SMILES string of the molecule is CC(C)OCCN(C)c1ccc(C(=O)O)cc1N. The molecule has 5 heteroatoms. The number of carbonyl (C=O) groups is 1. The van der Waals surface area contributed by atoms with Gasteiger partial charge in [-0.1, -0.05) is 0 Å². The fourth-order valence-corrected chi connectivity index (χ4v) is 1.58. The fraction of sp³-hybridized carbons (Fsp3) is 0.462. The molecule has 18 heavy (non-hydrogen) atoms. The lowest BCUT2D eigenvalue weighted by atomic mass is 10.1. The number of hydrogen-bond donors (Lipinski definition) is 2. The summed E-state index contributed by atoms with van der Waals surface area (Å²) in [5.74, 6) is -0.973. The van der Waals surface area contributed by atoms with Crippen LogP contribution in [0.4, 0.5) is 11.4 Å². The number of carboxylic acids is 1. The van der Waals surface area contributed by atoms with E-state index in [0.29, 0.717) is 18.8 Å². The minimum atomic E-state index is -0.973. The van der Waals surface area contributed by atoms with Crippen molar-refractivity contribution in [2.75, 3.05) is 30.8 Å². The lowest BCUT2D eigenvalue weighted by Crippen LogP contribution is -2.24. The number of nitrogens with two attached hydrogens (primary N) is 1. The van der Waals surface area contributed by atoms with Crippen molar-refractivity contribution in [2.45, 2.75) is 20.0 Å². The molecule has 0 amide bonds. The van der Waals surface area contributed by atoms with Crippen LogP contribution >= 0.6 is 0 Å². The summed E-state index contributed by atoms with van der Waals surface area (Å²) >= 11 is 0. The molecule has 1 aromatic carbocycles. The third-order valence-electron chi connectivity index (χ3n) is 2.56. The van der Waals surface area contributed by atoms with Crippen molar-refractivity contribution in [3.63, 3.8) is 0 Å². The maximum atomic E-state index is 10.8. The van der Waals surface area contributed by atoms with Crippen LogP contribution < -0.4 is 10.6 Å². The van der Waals surface area contributed by atoms with Crippen LogP contribution in [0, 0.1) is 0 Å². The average Bonchev–Trinajstić information content (AvgIpc) is 2.27. The van der Waals surface area contributed by atoms with Gasteiger partial charge in [0.2, 0.25) is 0 Å². The zero-order chi connectivity index (χ0) is 13.7. The van der Waals surface area contributed by atoms with Crippen molar-refractivity contribution in [1.29, 1.82) is 0 Å². The van der Waals surface area contributed by atoms with Gasteiger partial charge >= 0.3 is 5.97 Å². The highest BCUT2D eigenvalue weighted by Crippen LogP contribution is 2.23. The molecule has 1 aromatic rings. The Morgan fingerprint density at radius 3 is 2.67 bits per heavy atom. The predicted octanol–water partition coefficient (Wildman–Crippen LogP) is 1.83. The van der Waals surface area contributed by atoms with Crippen molar-refractivity contribution in [1.82, 2.24) is 0 Å². The minimum Gasteiger partial charge on any atom is -0.478 e. The van der Waals surface area contributed by atoms with Gasteiger partial charge < -0.3 is 20.5 Å². The Bertz CT molecular complexity index is 419. The second-order valence-corrected chi connectivity index (χ2v) is 4.42. The highest BCUT2D eigenvalue weighted by atomic mass is 16.5. The van der Waals surface area contributed by atoms with E-state index in [-0.39, 0.29) is 11.7 Å². The van der Waals surface area contributed by atoms with Crippen molar-refractivity contribution in [3.05, 3.63) is 23.8 Å². The molecule has 1 rings (SSSR count). The maximum Gasteiger partial charge on any atom is 0.335 e. The van der Waals surface area contributed by atoms with Gasteiger partial charge in [-0.15, -0.1) is 0 Å². The number of anilines is 2. The Labute approximate surface area is 107 Å². The van der Waals surface area contributed by atoms with Crippen molar-refractivity contribution >= 4 is 17.3 Å². The molecule has 0 aliphatic heterocycles. The van der Waals surface area contributed by atoms with Crippen LogP contribution in [-0.4, -0.2) is 37.4 Å². The van der Waals surface area contributed by atoms with E-state index >= 15 is 0 Å². The third kappa shape index (κ3) is 3.92. The molecule has 100 valence electrons. The summed E-state index contributed by atoms with van der Waals surface area (Å²) < 4.78 is 5.46. The summed E-state index contributed by atoms with van der Waals surface area (Å²) in [6.07, 6.45) is 0.199. The normalized spacial score (nSPS) is 10.7. The van der Waals surface area contributed by atoms with Gasteiger partial charge in [0.1, 0.15) is 0 Å². The Morgan fingerprint density at radius 2 is 2.17 bits per heavy atom. The smallest absolute Gasteiger partial charge is 0.335 e. The molecule has 0 saturated carbocycles. The number of nitrogen functional groups attached to an aromatic ring is 1. The second-order valence-electron chi connectivity index (χ2n) is 4.42. The number of hydrogen-bond acceptors (Lipinski definition) is 4. The van der Waals surface area contributed by atoms with Gasteiger partial charge in [0.15, 0.2) is 0 Å². The summed E-state index contributed by atoms with van der Waals surface area (Å²) in [5.41, 5.74) is 7.32. The fourth-order valence-electron chi connectivity index (χ4n) is 1.58. The highest BCUT2D eigenvalue weighted by Gasteiger charge is 2.09. The monoisotopic (exact) mass is 252 g/mol. The first-order valence-electron chi connectivity index (χ1n) is 5.87. The van der Waals surface area contributed by atoms with Crippen molar-refractivity contribution < 1.29 is 14.6 Å². The van der Waals surface area contributed by atoms with E-state index in [1.165, 1.54) is 6.07 Å². The molecule has 0 heterocycles. The standard InChI is InChI=1S/C13H20N2O3/c1-9(2)18-7-6-15(3)12-5-4-10(13(16)17)8-11(12)14/h4-5,8-9H,6-7,14H2,1-3H3,(H,16,17). The second kappa shape index (κ2) is 6.26. The quantitative estimate of drug-likeness (QED) is 0.755. The summed E-state index contributed by atoms with van der Waals surface area (Å²) in [6, 6.07) is 4.74. The van der Waals surface area contributed by atoms with E-state index in [2.05, 4.69) is 0 Å². The Hall–Kier alpha value is -1.75. The van der Waals surface area contributed by atoms with Gasteiger partial charge in [-0.25, -0.2) is 4.79 Å². The van der Waals surface area contributed by atoms with E-state index in [0.717, 1.165) is 5.69 Å². The molecule has 0 radical (unpaired) electrons. The number of likely N-dealkylation sites (N-methyl/N-ethyl adjacent to an activating group) is 1. The lowest BCUT2D eigenvalue weighted by Gasteiger charge is -2.21. The van der Waals surface area contributed by atoms with Crippen LogP contribution in [0.1, 0.15) is 24.2 Å². The first-order valence-corrected chi connectivity index (χ1v) is 5.87. The van der Waals surface area contributed by atoms with Gasteiger partial charge in [-0.05, 0) is 32.0 Å². The van der Waals surface area contributed by atoms with Gasteiger partial charge in [-0.2, -0.15) is 0 Å². The Balaban J connectivity index is 2.68. The van der Waals surface area contributed by atoms with Gasteiger partial charge in [0.25, 0.3) is 0 Å². The molecule has 3 N–H and O–H groups in total. The van der Waals surface area contributed by atoms with Gasteiger partial charge in [0.05, 0.1) is 29.6 Å². The maximum absolute atomic E-state index is 10.8. The van der Waals surface area contributed by atoms with Crippen LogP contribution in [-0.2, 0) is 4.74 Å². The molecule has 0 spiro atoms. The summed E-state index contributed by atoms with van der Waals surface area (Å²) in [4.78, 5) is 12.7. The number of aromatic carboxylic acids is 1. The highest BCUT2D eigenvalue weighted by molar-refractivity contribution is 5.90. The zero-order valence-corrected chi connectivity index (χ0v) is 11.0. The number of rotatable bonds is 6. The topological polar surface area (TPSA) is 75.8 Å². The molecule has 0 saturated heterocycles. The van der Waals surface area contributed by atoms with Crippen LogP contribution in [0.5, 0.6) is 0 Å². The number of nitrogens with zero attached hydrogens (tertiary/aromatic N) is 1. The number of carboxylic acid groups (broad SMARTS) is 1. The first kappa shape index (κ1) is 14.3. The van der Waals surface area contributed by atoms with Gasteiger partial charge in [0, 0.05) is 13.6 Å². The van der Waals surface area contributed by atoms with Crippen LogP contribution in [0.25, 0.3) is 0 Å². The van der Waals surface area contributed by atoms with Crippen LogP contribution in [0.3, 0.4) is 0 Å². The first-order chi connectivity index (χ1) is 8.41. The Kier molecular flexibility index (Phi) is 4.97. The molecule has 0 aromatic heterocycles. The van der Waals surface area contributed by atoms with E-state index in [1.54, 1.807) is 12.1 Å². The molecular formula is C13H20N2O3. The molecule has 0 fully saturated rings.